The third-order valence-electron chi connectivity index (χ3n) is 2.16. The van der Waals surface area contributed by atoms with Crippen LogP contribution in [0.1, 0.15) is 26.0 Å². The van der Waals surface area contributed by atoms with E-state index in [-0.39, 0.29) is 6.10 Å². The molecule has 4 heteroatoms. The molecule has 86 valence electrons. The van der Waals surface area contributed by atoms with Gasteiger partial charge in [-0.1, -0.05) is 6.92 Å². The monoisotopic (exact) mass is 231 g/mol. The van der Waals surface area contributed by atoms with Gasteiger partial charge in [0, 0.05) is 0 Å². The van der Waals surface area contributed by atoms with Crippen LogP contribution in [0.4, 0.5) is 0 Å². The van der Waals surface area contributed by atoms with Crippen LogP contribution < -0.4 is 5.32 Å². The van der Waals surface area contributed by atoms with Crippen LogP contribution in [0.25, 0.3) is 0 Å². The standard InChI is InChI=1S/C11H18ClNO2/c1-8(5-9(2)14)6-13-7-10-3-4-11(12)15-10/h3-4,8-9,13-14H,5-7H2,1-2H3. The van der Waals surface area contributed by atoms with Crippen molar-refractivity contribution < 1.29 is 9.52 Å². The van der Waals surface area contributed by atoms with Gasteiger partial charge in [0.1, 0.15) is 5.76 Å². The first-order valence-electron chi connectivity index (χ1n) is 5.21. The Morgan fingerprint density at radius 3 is 2.73 bits per heavy atom. The zero-order valence-corrected chi connectivity index (χ0v) is 9.92. The van der Waals surface area contributed by atoms with Gasteiger partial charge in [0.2, 0.25) is 0 Å². The van der Waals surface area contributed by atoms with Gasteiger partial charge in [-0.15, -0.1) is 0 Å². The van der Waals surface area contributed by atoms with Crippen LogP contribution in [-0.4, -0.2) is 17.8 Å². The van der Waals surface area contributed by atoms with Gasteiger partial charge in [-0.25, -0.2) is 0 Å². The van der Waals surface area contributed by atoms with E-state index in [0.29, 0.717) is 17.7 Å². The van der Waals surface area contributed by atoms with E-state index in [1.54, 1.807) is 6.07 Å². The second-order valence-electron chi connectivity index (χ2n) is 4.03. The molecule has 1 heterocycles. The summed E-state index contributed by atoms with van der Waals surface area (Å²) in [4.78, 5) is 0. The highest BCUT2D eigenvalue weighted by atomic mass is 35.5. The van der Waals surface area contributed by atoms with Crippen molar-refractivity contribution in [1.82, 2.24) is 5.32 Å². The van der Waals surface area contributed by atoms with E-state index in [1.165, 1.54) is 0 Å². The molecule has 2 N–H and O–H groups in total. The van der Waals surface area contributed by atoms with Crippen LogP contribution in [0.3, 0.4) is 0 Å². The molecule has 1 rings (SSSR count). The molecule has 15 heavy (non-hydrogen) atoms. The van der Waals surface area contributed by atoms with Crippen LogP contribution in [0.15, 0.2) is 16.5 Å². The van der Waals surface area contributed by atoms with Crippen LogP contribution in [-0.2, 0) is 6.54 Å². The quantitative estimate of drug-likeness (QED) is 0.791. The fourth-order valence-electron chi connectivity index (χ4n) is 1.55. The summed E-state index contributed by atoms with van der Waals surface area (Å²) in [5, 5.41) is 12.9. The molecule has 0 aromatic carbocycles. The minimum Gasteiger partial charge on any atom is -0.448 e. The summed E-state index contributed by atoms with van der Waals surface area (Å²) in [6, 6.07) is 3.59. The maximum Gasteiger partial charge on any atom is 0.193 e. The van der Waals surface area contributed by atoms with Gasteiger partial charge in [0.15, 0.2) is 5.22 Å². The first-order valence-corrected chi connectivity index (χ1v) is 5.58. The summed E-state index contributed by atoms with van der Waals surface area (Å²) in [6.45, 7) is 5.46. The van der Waals surface area contributed by atoms with Crippen LogP contribution in [0, 0.1) is 5.92 Å². The largest absolute Gasteiger partial charge is 0.448 e. The highest BCUT2D eigenvalue weighted by molar-refractivity contribution is 6.28. The van der Waals surface area contributed by atoms with E-state index in [9.17, 15) is 5.11 Å². The Morgan fingerprint density at radius 1 is 1.47 bits per heavy atom. The lowest BCUT2D eigenvalue weighted by Gasteiger charge is -2.13. The summed E-state index contributed by atoms with van der Waals surface area (Å²) < 4.78 is 5.20. The second kappa shape index (κ2) is 6.16. The number of furan rings is 1. The van der Waals surface area contributed by atoms with Gasteiger partial charge < -0.3 is 14.8 Å². The van der Waals surface area contributed by atoms with Crippen LogP contribution in [0.5, 0.6) is 0 Å². The zero-order valence-electron chi connectivity index (χ0n) is 9.16. The molecule has 0 spiro atoms. The molecule has 2 atom stereocenters. The van der Waals surface area contributed by atoms with E-state index >= 15 is 0 Å². The molecule has 1 aromatic rings. The molecule has 3 nitrogen and oxygen atoms in total. The maximum absolute atomic E-state index is 9.18. The van der Waals surface area contributed by atoms with Crippen LogP contribution >= 0.6 is 11.6 Å². The van der Waals surface area contributed by atoms with Gasteiger partial charge in [-0.3, -0.25) is 0 Å². The number of rotatable bonds is 6. The molecule has 0 aliphatic heterocycles. The minimum atomic E-state index is -0.236. The minimum absolute atomic E-state index is 0.236. The lowest BCUT2D eigenvalue weighted by molar-refractivity contribution is 0.163. The third-order valence-corrected chi connectivity index (χ3v) is 2.37. The second-order valence-corrected chi connectivity index (χ2v) is 4.40. The Hall–Kier alpha value is -0.510. The molecule has 0 bridgehead atoms. The molecular weight excluding hydrogens is 214 g/mol. The lowest BCUT2D eigenvalue weighted by Crippen LogP contribution is -2.22. The predicted octanol–water partition coefficient (Wildman–Crippen LogP) is 2.43. The fourth-order valence-corrected chi connectivity index (χ4v) is 1.72. The normalized spacial score (nSPS) is 15.2. The first kappa shape index (κ1) is 12.6. The summed E-state index contributed by atoms with van der Waals surface area (Å²) in [7, 11) is 0. The topological polar surface area (TPSA) is 45.4 Å². The number of nitrogens with one attached hydrogen (secondary N) is 1. The van der Waals surface area contributed by atoms with Gasteiger partial charge in [-0.2, -0.15) is 0 Å². The van der Waals surface area contributed by atoms with Crippen molar-refractivity contribution in [2.45, 2.75) is 32.9 Å². The molecule has 1 aromatic heterocycles. The van der Waals surface area contributed by atoms with Gasteiger partial charge >= 0.3 is 0 Å². The van der Waals surface area contributed by atoms with Crippen molar-refractivity contribution in [3.63, 3.8) is 0 Å². The van der Waals surface area contributed by atoms with E-state index in [0.717, 1.165) is 18.7 Å². The zero-order chi connectivity index (χ0) is 11.3. The highest BCUT2D eigenvalue weighted by Gasteiger charge is 2.06. The van der Waals surface area contributed by atoms with E-state index in [1.807, 2.05) is 13.0 Å². The molecule has 0 radical (unpaired) electrons. The molecule has 0 aliphatic rings. The van der Waals surface area contributed by atoms with Crippen LogP contribution in [0.2, 0.25) is 5.22 Å². The van der Waals surface area contributed by atoms with Gasteiger partial charge in [-0.05, 0) is 49.5 Å². The summed E-state index contributed by atoms with van der Waals surface area (Å²) in [6.07, 6.45) is 0.575. The van der Waals surface area contributed by atoms with Crippen molar-refractivity contribution in [1.29, 1.82) is 0 Å². The average Bonchev–Trinajstić information content (AvgIpc) is 2.50. The van der Waals surface area contributed by atoms with Gasteiger partial charge in [0.05, 0.1) is 12.6 Å². The molecular formula is C11H18ClNO2. The van der Waals surface area contributed by atoms with E-state index < -0.39 is 0 Å². The Balaban J connectivity index is 2.16. The SMILES string of the molecule is CC(O)CC(C)CNCc1ccc(Cl)o1. The molecule has 0 amide bonds. The fraction of sp³-hybridized carbons (Fsp3) is 0.636. The number of aliphatic hydroxyl groups is 1. The predicted molar refractivity (Wildman–Crippen MR) is 60.9 cm³/mol. The summed E-state index contributed by atoms with van der Waals surface area (Å²) in [5.74, 6) is 1.29. The van der Waals surface area contributed by atoms with Crippen molar-refractivity contribution >= 4 is 11.6 Å². The Labute approximate surface area is 95.4 Å². The third kappa shape index (κ3) is 5.21. The lowest BCUT2D eigenvalue weighted by atomic mass is 10.1. The molecule has 0 saturated carbocycles. The van der Waals surface area contributed by atoms with Gasteiger partial charge in [0.25, 0.3) is 0 Å². The van der Waals surface area contributed by atoms with Crippen molar-refractivity contribution in [2.75, 3.05) is 6.54 Å². The number of aliphatic hydroxyl groups excluding tert-OH is 1. The molecule has 0 saturated heterocycles. The van der Waals surface area contributed by atoms with E-state index in [2.05, 4.69) is 12.2 Å². The smallest absolute Gasteiger partial charge is 0.193 e. The Morgan fingerprint density at radius 2 is 2.20 bits per heavy atom. The Bertz CT molecular complexity index is 286. The van der Waals surface area contributed by atoms with Crippen molar-refractivity contribution in [2.24, 2.45) is 5.92 Å². The van der Waals surface area contributed by atoms with Crippen molar-refractivity contribution in [3.8, 4) is 0 Å². The maximum atomic E-state index is 9.18. The number of hydrogen-bond donors (Lipinski definition) is 2. The molecule has 0 aliphatic carbocycles. The molecule has 0 fully saturated rings. The summed E-state index contributed by atoms with van der Waals surface area (Å²) in [5.41, 5.74) is 0. The average molecular weight is 232 g/mol. The van der Waals surface area contributed by atoms with E-state index in [4.69, 9.17) is 16.0 Å². The summed E-state index contributed by atoms with van der Waals surface area (Å²) >= 11 is 5.64. The number of hydrogen-bond acceptors (Lipinski definition) is 3. The Kier molecular flexibility index (Phi) is 5.15. The number of halogens is 1. The first-order chi connectivity index (χ1) is 7.08. The molecule has 2 unspecified atom stereocenters. The highest BCUT2D eigenvalue weighted by Crippen LogP contribution is 2.12. The van der Waals surface area contributed by atoms with Crippen molar-refractivity contribution in [3.05, 3.63) is 23.1 Å².